The lowest BCUT2D eigenvalue weighted by Gasteiger charge is -2.23. The number of carbonyl (C=O) groups is 2. The molecule has 172 valence electrons. The number of nitrogens with zero attached hydrogens (tertiary/aromatic N) is 3. The Bertz CT molecular complexity index is 1240. The molecule has 1 aromatic heterocycles. The molecule has 0 aliphatic carbocycles. The first-order valence-corrected chi connectivity index (χ1v) is 10.2. The predicted molar refractivity (Wildman–Crippen MR) is 126 cm³/mol. The number of nitrogens with one attached hydrogen (secondary N) is 2. The monoisotopic (exact) mass is 450 g/mol. The van der Waals surface area contributed by atoms with E-state index in [1.165, 1.54) is 24.3 Å². The molecule has 0 bridgehead atoms. The molecule has 2 aromatic carbocycles. The summed E-state index contributed by atoms with van der Waals surface area (Å²) in [5.41, 5.74) is 7.95. The fraction of sp³-hybridized carbons (Fsp3) is 0.261. The quantitative estimate of drug-likeness (QED) is 0.385. The maximum atomic E-state index is 12.6. The number of hydrogen-bond acceptors (Lipinski definition) is 6. The van der Waals surface area contributed by atoms with Gasteiger partial charge in [0.1, 0.15) is 17.1 Å². The van der Waals surface area contributed by atoms with Crippen LogP contribution in [0.4, 0.5) is 17.2 Å². The number of carbonyl (C=O) groups excluding carboxylic acids is 2. The Labute approximate surface area is 190 Å². The van der Waals surface area contributed by atoms with Gasteiger partial charge >= 0.3 is 0 Å². The standard InChI is InChI=1S/C23H26N6O4/c1-13-6-9-15(12-17(13)22(31)25-5)26-21-18(20(24)30)19(27-28(21)23(2,3)4)14-7-10-16(11-8-14)29(32)33/h6-12,26H,1-5H3,(H2,24,30)(H,25,31). The zero-order valence-corrected chi connectivity index (χ0v) is 19.1. The van der Waals surface area contributed by atoms with Crippen LogP contribution in [0, 0.1) is 17.0 Å². The minimum atomic E-state index is -0.708. The molecule has 0 spiro atoms. The highest BCUT2D eigenvalue weighted by Crippen LogP contribution is 2.35. The van der Waals surface area contributed by atoms with Gasteiger partial charge in [-0.3, -0.25) is 19.7 Å². The van der Waals surface area contributed by atoms with Gasteiger partial charge in [0.25, 0.3) is 17.5 Å². The van der Waals surface area contributed by atoms with Gasteiger partial charge in [0, 0.05) is 36.0 Å². The lowest BCUT2D eigenvalue weighted by Crippen LogP contribution is -2.25. The van der Waals surface area contributed by atoms with Crippen molar-refractivity contribution in [3.05, 3.63) is 69.3 Å². The molecule has 1 heterocycles. The van der Waals surface area contributed by atoms with E-state index in [9.17, 15) is 19.7 Å². The first-order chi connectivity index (χ1) is 15.4. The molecule has 3 aromatic rings. The number of anilines is 2. The number of rotatable bonds is 6. The molecule has 10 heteroatoms. The van der Waals surface area contributed by atoms with Gasteiger partial charge in [-0.25, -0.2) is 4.68 Å². The molecule has 0 aliphatic heterocycles. The molecule has 0 saturated heterocycles. The van der Waals surface area contributed by atoms with Crippen molar-refractivity contribution in [2.24, 2.45) is 5.73 Å². The Morgan fingerprint density at radius 3 is 2.27 bits per heavy atom. The number of non-ortho nitro benzene ring substituents is 1. The normalized spacial score (nSPS) is 11.2. The summed E-state index contributed by atoms with van der Waals surface area (Å²) in [6.45, 7) is 7.58. The summed E-state index contributed by atoms with van der Waals surface area (Å²) in [4.78, 5) is 35.3. The van der Waals surface area contributed by atoms with E-state index in [1.807, 2.05) is 27.7 Å². The Kier molecular flexibility index (Phi) is 6.21. The number of aryl methyl sites for hydroxylation is 1. The van der Waals surface area contributed by atoms with Crippen molar-refractivity contribution >= 4 is 29.0 Å². The molecule has 3 rings (SSSR count). The third-order valence-electron chi connectivity index (χ3n) is 5.09. The summed E-state index contributed by atoms with van der Waals surface area (Å²) in [5, 5.41) is 21.5. The molecular formula is C23H26N6O4. The Morgan fingerprint density at radius 1 is 1.12 bits per heavy atom. The first-order valence-electron chi connectivity index (χ1n) is 10.2. The van der Waals surface area contributed by atoms with E-state index in [1.54, 1.807) is 29.9 Å². The van der Waals surface area contributed by atoms with Gasteiger partial charge in [-0.15, -0.1) is 0 Å². The maximum absolute atomic E-state index is 12.6. The fourth-order valence-electron chi connectivity index (χ4n) is 3.41. The summed E-state index contributed by atoms with van der Waals surface area (Å²) < 4.78 is 1.64. The molecule has 4 N–H and O–H groups in total. The summed E-state index contributed by atoms with van der Waals surface area (Å²) >= 11 is 0. The van der Waals surface area contributed by atoms with E-state index in [0.29, 0.717) is 28.3 Å². The van der Waals surface area contributed by atoms with E-state index in [0.717, 1.165) is 5.56 Å². The Morgan fingerprint density at radius 2 is 1.76 bits per heavy atom. The van der Waals surface area contributed by atoms with Gasteiger partial charge in [0.2, 0.25) is 0 Å². The molecule has 0 unspecified atom stereocenters. The minimum Gasteiger partial charge on any atom is -0.365 e. The number of nitrogens with two attached hydrogens (primary N) is 1. The highest BCUT2D eigenvalue weighted by atomic mass is 16.6. The zero-order valence-electron chi connectivity index (χ0n) is 19.1. The van der Waals surface area contributed by atoms with Gasteiger partial charge in [-0.2, -0.15) is 5.10 Å². The van der Waals surface area contributed by atoms with Crippen LogP contribution >= 0.6 is 0 Å². The van der Waals surface area contributed by atoms with E-state index in [4.69, 9.17) is 5.73 Å². The van der Waals surface area contributed by atoms with Crippen molar-refractivity contribution in [1.29, 1.82) is 0 Å². The van der Waals surface area contributed by atoms with Crippen LogP contribution in [0.2, 0.25) is 0 Å². The van der Waals surface area contributed by atoms with Crippen LogP contribution in [-0.2, 0) is 5.54 Å². The van der Waals surface area contributed by atoms with Gasteiger partial charge in [0.05, 0.1) is 10.5 Å². The van der Waals surface area contributed by atoms with Crippen molar-refractivity contribution in [2.45, 2.75) is 33.2 Å². The molecule has 2 amide bonds. The molecule has 0 radical (unpaired) electrons. The number of nitro groups is 1. The number of aromatic nitrogens is 2. The molecular weight excluding hydrogens is 424 g/mol. The predicted octanol–water partition coefficient (Wildman–Crippen LogP) is 3.72. The topological polar surface area (TPSA) is 145 Å². The lowest BCUT2D eigenvalue weighted by atomic mass is 10.0. The molecule has 0 atom stereocenters. The first kappa shape index (κ1) is 23.5. The third kappa shape index (κ3) is 4.69. The van der Waals surface area contributed by atoms with Crippen LogP contribution in [-0.4, -0.2) is 33.6 Å². The van der Waals surface area contributed by atoms with Crippen molar-refractivity contribution in [1.82, 2.24) is 15.1 Å². The second-order valence-electron chi connectivity index (χ2n) is 8.56. The molecule has 0 fully saturated rings. The van der Waals surface area contributed by atoms with Gasteiger partial charge in [0.15, 0.2) is 0 Å². The van der Waals surface area contributed by atoms with Gasteiger partial charge in [-0.1, -0.05) is 6.07 Å². The Hall–Kier alpha value is -4.21. The summed E-state index contributed by atoms with van der Waals surface area (Å²) in [6.07, 6.45) is 0. The fourth-order valence-corrected chi connectivity index (χ4v) is 3.41. The van der Waals surface area contributed by atoms with E-state index >= 15 is 0 Å². The van der Waals surface area contributed by atoms with Crippen LogP contribution in [0.15, 0.2) is 42.5 Å². The van der Waals surface area contributed by atoms with Crippen LogP contribution in [0.3, 0.4) is 0 Å². The van der Waals surface area contributed by atoms with Crippen molar-refractivity contribution in [3.8, 4) is 11.3 Å². The second-order valence-corrected chi connectivity index (χ2v) is 8.56. The summed E-state index contributed by atoms with van der Waals surface area (Å²) in [6, 6.07) is 11.0. The average Bonchev–Trinajstić information content (AvgIpc) is 3.14. The number of hydrogen-bond donors (Lipinski definition) is 3. The number of benzene rings is 2. The maximum Gasteiger partial charge on any atom is 0.269 e. The smallest absolute Gasteiger partial charge is 0.269 e. The Balaban J connectivity index is 2.19. The number of nitro benzene ring substituents is 1. The van der Waals surface area contributed by atoms with Crippen LogP contribution < -0.4 is 16.4 Å². The zero-order chi connectivity index (χ0) is 24.5. The average molecular weight is 450 g/mol. The van der Waals surface area contributed by atoms with Crippen molar-refractivity contribution in [3.63, 3.8) is 0 Å². The van der Waals surface area contributed by atoms with Gasteiger partial charge in [-0.05, 0) is 57.5 Å². The molecule has 0 aliphatic rings. The van der Waals surface area contributed by atoms with Crippen LogP contribution in [0.5, 0.6) is 0 Å². The second kappa shape index (κ2) is 8.73. The van der Waals surface area contributed by atoms with Crippen LogP contribution in [0.25, 0.3) is 11.3 Å². The van der Waals surface area contributed by atoms with Crippen molar-refractivity contribution < 1.29 is 14.5 Å². The highest BCUT2D eigenvalue weighted by molar-refractivity contribution is 6.04. The number of amides is 2. The molecule has 0 saturated carbocycles. The molecule has 33 heavy (non-hydrogen) atoms. The SMILES string of the molecule is CNC(=O)c1cc(Nc2c(C(N)=O)c(-c3ccc([N+](=O)[O-])cc3)nn2C(C)(C)C)ccc1C. The van der Waals surface area contributed by atoms with E-state index < -0.39 is 16.4 Å². The number of primary amides is 1. The lowest BCUT2D eigenvalue weighted by molar-refractivity contribution is -0.384. The van der Waals surface area contributed by atoms with Crippen LogP contribution in [0.1, 0.15) is 47.1 Å². The largest absolute Gasteiger partial charge is 0.365 e. The van der Waals surface area contributed by atoms with E-state index in [2.05, 4.69) is 15.7 Å². The van der Waals surface area contributed by atoms with Crippen molar-refractivity contribution in [2.75, 3.05) is 12.4 Å². The minimum absolute atomic E-state index is 0.0747. The highest BCUT2D eigenvalue weighted by Gasteiger charge is 2.29. The molecule has 10 nitrogen and oxygen atoms in total. The van der Waals surface area contributed by atoms with Gasteiger partial charge < -0.3 is 16.4 Å². The summed E-state index contributed by atoms with van der Waals surface area (Å²) in [7, 11) is 1.55. The van der Waals surface area contributed by atoms with E-state index in [-0.39, 0.29) is 17.2 Å². The summed E-state index contributed by atoms with van der Waals surface area (Å²) in [5.74, 6) is -0.586. The third-order valence-corrected chi connectivity index (χ3v) is 5.09.